The van der Waals surface area contributed by atoms with Gasteiger partial charge >= 0.3 is 0 Å². The van der Waals surface area contributed by atoms with Crippen molar-refractivity contribution in [2.24, 2.45) is 23.7 Å². The molecule has 0 radical (unpaired) electrons. The predicted octanol–water partition coefficient (Wildman–Crippen LogP) is 21.4. The lowest BCUT2D eigenvalue weighted by atomic mass is 9.64. The molecule has 8 aromatic rings. The number of fused-ring (bicyclic) bond motifs is 14. The van der Waals surface area contributed by atoms with E-state index >= 15 is 0 Å². The maximum absolute atomic E-state index is 5.11. The van der Waals surface area contributed by atoms with Crippen LogP contribution in [0.1, 0.15) is 217 Å². The summed E-state index contributed by atoms with van der Waals surface area (Å²) in [7, 11) is 0. The largest absolute Gasteiger partial charge is 0.173 e. The van der Waals surface area contributed by atoms with Gasteiger partial charge in [0.05, 0.1) is 23.5 Å². The number of benzene rings is 3. The topological polar surface area (TPSA) is 51.6 Å². The lowest BCUT2D eigenvalue weighted by Gasteiger charge is -2.39. The molecule has 0 fully saturated rings. The maximum atomic E-state index is 5.11. The van der Waals surface area contributed by atoms with E-state index in [9.17, 15) is 0 Å². The van der Waals surface area contributed by atoms with Crippen molar-refractivity contribution in [3.8, 4) is 30.6 Å². The van der Waals surface area contributed by atoms with Gasteiger partial charge in [0.25, 0.3) is 0 Å². The number of nitrogens with zero attached hydrogens (tertiary/aromatic N) is 4. The minimum absolute atomic E-state index is 0.0190. The Morgan fingerprint density at radius 3 is 1.49 bits per heavy atom. The molecule has 4 atom stereocenters. The van der Waals surface area contributed by atoms with Crippen LogP contribution < -0.4 is 0 Å². The van der Waals surface area contributed by atoms with Gasteiger partial charge in [-0.25, -0.2) is 0 Å². The van der Waals surface area contributed by atoms with E-state index in [1.165, 1.54) is 167 Å². The number of thiophene rings is 3. The Hall–Kier alpha value is -3.08. The number of rotatable bonds is 25. The molecular weight excluding hydrogens is 961 g/mol. The smallest absolute Gasteiger partial charge is 0.114 e. The van der Waals surface area contributed by atoms with Gasteiger partial charge in [0.2, 0.25) is 0 Å². The van der Waals surface area contributed by atoms with Crippen LogP contribution in [0.5, 0.6) is 0 Å². The summed E-state index contributed by atoms with van der Waals surface area (Å²) in [4.78, 5) is 7.53. The number of hydrogen-bond acceptors (Lipinski definition) is 9. The van der Waals surface area contributed by atoms with Crippen molar-refractivity contribution in [3.05, 3.63) is 69.1 Å². The second-order valence-electron chi connectivity index (χ2n) is 22.4. The van der Waals surface area contributed by atoms with Gasteiger partial charge < -0.3 is 0 Å². The summed E-state index contributed by atoms with van der Waals surface area (Å²) in [5.74, 6) is 2.75. The lowest BCUT2D eigenvalue weighted by molar-refractivity contribution is 0.266. The molecule has 378 valence electrons. The van der Waals surface area contributed by atoms with E-state index in [0.29, 0.717) is 23.7 Å². The third kappa shape index (κ3) is 8.91. The van der Waals surface area contributed by atoms with Crippen molar-refractivity contribution >= 4 is 100 Å². The fourth-order valence-electron chi connectivity index (χ4n) is 14.0. The van der Waals surface area contributed by atoms with Gasteiger partial charge in [-0.3, -0.25) is 0 Å². The van der Waals surface area contributed by atoms with Crippen LogP contribution in [0.4, 0.5) is 0 Å². The molecule has 10 rings (SSSR count). The second kappa shape index (κ2) is 21.6. The van der Waals surface area contributed by atoms with Gasteiger partial charge in [-0.05, 0) is 126 Å². The highest BCUT2D eigenvalue weighted by Gasteiger charge is 2.52. The molecule has 9 heteroatoms. The van der Waals surface area contributed by atoms with E-state index in [-0.39, 0.29) is 10.8 Å². The molecule has 71 heavy (non-hydrogen) atoms. The van der Waals surface area contributed by atoms with Crippen molar-refractivity contribution < 1.29 is 0 Å². The van der Waals surface area contributed by atoms with Crippen LogP contribution >= 0.6 is 57.5 Å². The highest BCUT2D eigenvalue weighted by molar-refractivity contribution is 7.28. The fraction of sp³-hybridized carbons (Fsp3) is 0.581. The number of aromatic nitrogens is 4. The van der Waals surface area contributed by atoms with Crippen molar-refractivity contribution in [1.29, 1.82) is 0 Å². The van der Waals surface area contributed by atoms with Crippen LogP contribution in [-0.2, 0) is 10.8 Å². The van der Waals surface area contributed by atoms with Crippen LogP contribution in [0, 0.1) is 37.5 Å². The molecule has 4 unspecified atom stereocenters. The quantitative estimate of drug-likeness (QED) is 0.0572. The number of aryl methyl sites for hydroxylation is 2. The summed E-state index contributed by atoms with van der Waals surface area (Å²) in [5, 5.41) is 3.88. The van der Waals surface area contributed by atoms with E-state index in [2.05, 4.69) is 140 Å². The average molecular weight is 1040 g/mol. The van der Waals surface area contributed by atoms with Crippen molar-refractivity contribution in [1.82, 2.24) is 17.5 Å². The molecule has 2 aliphatic carbocycles. The Balaban J connectivity index is 1.27. The molecule has 0 saturated carbocycles. The monoisotopic (exact) mass is 1040 g/mol. The lowest BCUT2D eigenvalue weighted by Crippen LogP contribution is -2.32. The minimum Gasteiger partial charge on any atom is -0.173 e. The second-order valence-corrected chi connectivity index (χ2v) is 26.8. The third-order valence-corrected chi connectivity index (χ3v) is 22.6. The molecule has 0 spiro atoms. The zero-order valence-electron chi connectivity index (χ0n) is 44.7. The third-order valence-electron chi connectivity index (χ3n) is 17.9. The number of hydrogen-bond donors (Lipinski definition) is 0. The Kier molecular flexibility index (Phi) is 15.7. The van der Waals surface area contributed by atoms with Crippen LogP contribution in [0.15, 0.2) is 36.4 Å². The predicted molar refractivity (Wildman–Crippen MR) is 316 cm³/mol. The first-order chi connectivity index (χ1) is 34.6. The summed E-state index contributed by atoms with van der Waals surface area (Å²) in [6.45, 7) is 24.1. The van der Waals surface area contributed by atoms with Gasteiger partial charge in [-0.1, -0.05) is 170 Å². The van der Waals surface area contributed by atoms with E-state index in [1.807, 2.05) is 0 Å². The molecule has 0 saturated heterocycles. The molecule has 3 aromatic carbocycles. The molecule has 5 heterocycles. The van der Waals surface area contributed by atoms with Crippen LogP contribution in [0.3, 0.4) is 0 Å². The van der Waals surface area contributed by atoms with Gasteiger partial charge in [0.15, 0.2) is 0 Å². The van der Waals surface area contributed by atoms with Gasteiger partial charge in [0, 0.05) is 56.3 Å². The molecule has 0 N–H and O–H groups in total. The van der Waals surface area contributed by atoms with E-state index in [0.717, 1.165) is 38.4 Å². The first-order valence-corrected chi connectivity index (χ1v) is 32.2. The molecule has 0 bridgehead atoms. The Labute approximate surface area is 446 Å². The standard InChI is InChI=1S/C62H80N4S5/c1-11-19-23-39(15-5)33-61(34-40(16-6)24-20-12-2)48-30-38(10)67-57(48)43-27-28-44-52-60(69-58(44)51(43)61)59-49(62(52,35-41(17-7)25-21-13-3)36-42(18-8)26-22-14-4)32-50(68-59)47-31-46-45(55-56(47)66-71-65-55)29-37(9)53-54(46)64-70-63-53/h27-32,39-42H,11-26,33-36H2,1-10H3. The Bertz CT molecular complexity index is 3100. The number of unbranched alkanes of at least 4 members (excludes halogenated alkanes) is 4. The molecule has 5 aromatic heterocycles. The average Bonchev–Trinajstić information content (AvgIpc) is 4.26. The summed E-state index contributed by atoms with van der Waals surface area (Å²) in [6.07, 6.45) is 25.6. The fourth-order valence-corrected chi connectivity index (χ4v) is 19.3. The zero-order chi connectivity index (χ0) is 49.6. The summed E-state index contributed by atoms with van der Waals surface area (Å²) >= 11 is 9.05. The molecule has 2 aliphatic rings. The minimum atomic E-state index is -0.0724. The maximum Gasteiger partial charge on any atom is 0.114 e. The van der Waals surface area contributed by atoms with Crippen LogP contribution in [-0.4, -0.2) is 17.5 Å². The normalized spacial score (nSPS) is 19.0. The molecule has 0 amide bonds. The SMILES string of the molecule is CCCCC(CC)CC1(CC(CC)CCCC)c2cc(-c3cc4c(cc(C)c5nsnc54)c4nsnc34)sc2-c2sc3c4c(ccc3c21)-c1sc(C)cc1C4(CC(CC)CCCC)CC(CC)CCCC. The molecular formula is C62H80N4S5. The van der Waals surface area contributed by atoms with Crippen molar-refractivity contribution in [3.63, 3.8) is 0 Å². The molecule has 0 aliphatic heterocycles. The van der Waals surface area contributed by atoms with E-state index in [4.69, 9.17) is 17.5 Å². The zero-order valence-corrected chi connectivity index (χ0v) is 48.8. The Morgan fingerprint density at radius 2 is 0.944 bits per heavy atom. The van der Waals surface area contributed by atoms with Crippen molar-refractivity contribution in [2.45, 2.75) is 208 Å². The van der Waals surface area contributed by atoms with Gasteiger partial charge in [-0.15, -0.1) is 34.0 Å². The summed E-state index contributed by atoms with van der Waals surface area (Å²) in [5.41, 5.74) is 14.6. The highest BCUT2D eigenvalue weighted by atomic mass is 32.1. The highest BCUT2D eigenvalue weighted by Crippen LogP contribution is 2.68. The Morgan fingerprint density at radius 1 is 0.451 bits per heavy atom. The first-order valence-electron chi connectivity index (χ1n) is 28.3. The van der Waals surface area contributed by atoms with Crippen LogP contribution in [0.25, 0.3) is 73.6 Å². The first kappa shape index (κ1) is 51.4. The van der Waals surface area contributed by atoms with Gasteiger partial charge in [-0.2, -0.15) is 17.5 Å². The van der Waals surface area contributed by atoms with Crippen LogP contribution in [0.2, 0.25) is 0 Å². The van der Waals surface area contributed by atoms with Crippen molar-refractivity contribution in [2.75, 3.05) is 0 Å². The van der Waals surface area contributed by atoms with Gasteiger partial charge in [0.1, 0.15) is 22.1 Å². The van der Waals surface area contributed by atoms with E-state index < -0.39 is 0 Å². The summed E-state index contributed by atoms with van der Waals surface area (Å²) < 4.78 is 21.5. The molecule has 4 nitrogen and oxygen atoms in total. The van der Waals surface area contributed by atoms with E-state index in [1.54, 1.807) is 52.5 Å². The summed E-state index contributed by atoms with van der Waals surface area (Å²) in [6, 6.07) is 15.4.